The SMILES string of the molecule is Cc1ccc(-n2ncc3c(NC(=O)c4cc(CNC(=O)C(F)(F)F)ccc4Cl)cccc32)cn1. The lowest BCUT2D eigenvalue weighted by atomic mass is 10.1. The van der Waals surface area contributed by atoms with E-state index in [0.717, 1.165) is 16.9 Å². The second-order valence-corrected chi connectivity index (χ2v) is 7.81. The Morgan fingerprint density at radius 1 is 1.09 bits per heavy atom. The summed E-state index contributed by atoms with van der Waals surface area (Å²) >= 11 is 6.16. The Bertz CT molecular complexity index is 1380. The molecule has 2 aromatic heterocycles. The summed E-state index contributed by atoms with van der Waals surface area (Å²) in [6.45, 7) is 1.46. The van der Waals surface area contributed by atoms with Gasteiger partial charge in [0, 0.05) is 17.6 Å². The summed E-state index contributed by atoms with van der Waals surface area (Å²) in [5, 5.41) is 9.71. The fourth-order valence-corrected chi connectivity index (χ4v) is 3.48. The highest BCUT2D eigenvalue weighted by Gasteiger charge is 2.38. The average molecular weight is 488 g/mol. The number of anilines is 1. The zero-order valence-electron chi connectivity index (χ0n) is 17.7. The summed E-state index contributed by atoms with van der Waals surface area (Å²) in [7, 11) is 0. The summed E-state index contributed by atoms with van der Waals surface area (Å²) in [6, 6.07) is 13.2. The maximum absolute atomic E-state index is 12.9. The number of alkyl halides is 3. The van der Waals surface area contributed by atoms with Crippen molar-refractivity contribution in [2.45, 2.75) is 19.6 Å². The zero-order chi connectivity index (χ0) is 24.5. The molecule has 0 aliphatic rings. The number of hydrogen-bond donors (Lipinski definition) is 2. The van der Waals surface area contributed by atoms with Crippen molar-refractivity contribution >= 4 is 40.0 Å². The second-order valence-electron chi connectivity index (χ2n) is 7.40. The highest BCUT2D eigenvalue weighted by atomic mass is 35.5. The fraction of sp³-hybridized carbons (Fsp3) is 0.130. The first-order valence-corrected chi connectivity index (χ1v) is 10.4. The summed E-state index contributed by atoms with van der Waals surface area (Å²) in [5.41, 5.74) is 3.16. The number of aryl methyl sites for hydroxylation is 1. The molecule has 0 unspecified atom stereocenters. The second kappa shape index (κ2) is 9.14. The number of nitrogens with one attached hydrogen (secondary N) is 2. The highest BCUT2D eigenvalue weighted by molar-refractivity contribution is 6.34. The topological polar surface area (TPSA) is 88.9 Å². The Morgan fingerprint density at radius 3 is 2.59 bits per heavy atom. The van der Waals surface area contributed by atoms with Crippen LogP contribution in [0.2, 0.25) is 5.02 Å². The zero-order valence-corrected chi connectivity index (χ0v) is 18.4. The highest BCUT2D eigenvalue weighted by Crippen LogP contribution is 2.27. The number of halogens is 4. The number of amides is 2. The maximum atomic E-state index is 12.9. The average Bonchev–Trinajstić information content (AvgIpc) is 3.23. The number of pyridine rings is 1. The van der Waals surface area contributed by atoms with Crippen LogP contribution in [0.25, 0.3) is 16.6 Å². The van der Waals surface area contributed by atoms with Gasteiger partial charge in [-0.1, -0.05) is 23.7 Å². The molecule has 0 saturated heterocycles. The standard InChI is InChI=1S/C23H17ClF3N5O2/c1-13-5-7-15(11-28-13)32-20-4-2-3-19(17(20)12-30-32)31-21(33)16-9-14(6-8-18(16)24)10-29-22(34)23(25,26)27/h2-9,11-12H,10H2,1H3,(H,29,34)(H,31,33). The van der Waals surface area contributed by atoms with E-state index >= 15 is 0 Å². The third-order valence-electron chi connectivity index (χ3n) is 4.99. The first kappa shape index (κ1) is 23.2. The molecule has 0 atom stereocenters. The number of hydrogen-bond acceptors (Lipinski definition) is 4. The van der Waals surface area contributed by atoms with Crippen LogP contribution in [-0.2, 0) is 11.3 Å². The van der Waals surface area contributed by atoms with Crippen molar-refractivity contribution in [3.63, 3.8) is 0 Å². The van der Waals surface area contributed by atoms with Gasteiger partial charge in [-0.25, -0.2) is 4.68 Å². The van der Waals surface area contributed by atoms with Gasteiger partial charge in [-0.3, -0.25) is 14.6 Å². The molecule has 2 amide bonds. The van der Waals surface area contributed by atoms with Gasteiger partial charge in [0.25, 0.3) is 5.91 Å². The number of carbonyl (C=O) groups is 2. The molecule has 7 nitrogen and oxygen atoms in total. The first-order chi connectivity index (χ1) is 16.1. The van der Waals surface area contributed by atoms with Gasteiger partial charge in [0.05, 0.1) is 39.9 Å². The molecule has 0 aliphatic carbocycles. The number of benzene rings is 2. The van der Waals surface area contributed by atoms with Crippen molar-refractivity contribution < 1.29 is 22.8 Å². The van der Waals surface area contributed by atoms with Gasteiger partial charge in [0.15, 0.2) is 0 Å². The molecule has 4 aromatic rings. The Labute approximate surface area is 196 Å². The molecular weight excluding hydrogens is 471 g/mol. The van der Waals surface area contributed by atoms with Crippen LogP contribution < -0.4 is 10.6 Å². The van der Waals surface area contributed by atoms with E-state index in [4.69, 9.17) is 11.6 Å². The predicted molar refractivity (Wildman–Crippen MR) is 121 cm³/mol. The monoisotopic (exact) mass is 487 g/mol. The molecule has 2 N–H and O–H groups in total. The van der Waals surface area contributed by atoms with Gasteiger partial charge in [-0.2, -0.15) is 18.3 Å². The van der Waals surface area contributed by atoms with Crippen LogP contribution in [0, 0.1) is 6.92 Å². The van der Waals surface area contributed by atoms with Gasteiger partial charge in [-0.05, 0) is 48.9 Å². The van der Waals surface area contributed by atoms with Crippen LogP contribution in [-0.4, -0.2) is 32.8 Å². The number of fused-ring (bicyclic) bond motifs is 1. The third-order valence-corrected chi connectivity index (χ3v) is 5.32. The normalized spacial score (nSPS) is 11.4. The van der Waals surface area contributed by atoms with Gasteiger partial charge in [-0.15, -0.1) is 0 Å². The van der Waals surface area contributed by atoms with Gasteiger partial charge in [0.2, 0.25) is 0 Å². The smallest absolute Gasteiger partial charge is 0.344 e. The minimum absolute atomic E-state index is 0.0487. The summed E-state index contributed by atoms with van der Waals surface area (Å²) in [5.74, 6) is -2.63. The summed E-state index contributed by atoms with van der Waals surface area (Å²) < 4.78 is 38.9. The summed E-state index contributed by atoms with van der Waals surface area (Å²) in [4.78, 5) is 28.3. The molecule has 174 valence electrons. The Hall–Kier alpha value is -3.92. The minimum atomic E-state index is -5.00. The van der Waals surface area contributed by atoms with Crippen molar-refractivity contribution in [3.05, 3.63) is 82.8 Å². The molecule has 0 fully saturated rings. The molecule has 11 heteroatoms. The van der Waals surface area contributed by atoms with E-state index in [2.05, 4.69) is 15.4 Å². The van der Waals surface area contributed by atoms with E-state index in [1.165, 1.54) is 18.2 Å². The van der Waals surface area contributed by atoms with Crippen molar-refractivity contribution in [2.24, 2.45) is 0 Å². The molecule has 0 radical (unpaired) electrons. The third kappa shape index (κ3) is 4.86. The molecule has 2 aromatic carbocycles. The van der Waals surface area contributed by atoms with Crippen LogP contribution in [0.3, 0.4) is 0 Å². The van der Waals surface area contributed by atoms with Crippen molar-refractivity contribution in [2.75, 3.05) is 5.32 Å². The van der Waals surface area contributed by atoms with Crippen molar-refractivity contribution in [1.29, 1.82) is 0 Å². The first-order valence-electron chi connectivity index (χ1n) is 9.98. The van der Waals surface area contributed by atoms with Gasteiger partial charge < -0.3 is 10.6 Å². The lowest BCUT2D eigenvalue weighted by Crippen LogP contribution is -2.36. The van der Waals surface area contributed by atoms with E-state index in [1.807, 2.05) is 25.1 Å². The lowest BCUT2D eigenvalue weighted by molar-refractivity contribution is -0.173. The molecule has 34 heavy (non-hydrogen) atoms. The predicted octanol–water partition coefficient (Wildman–Crippen LogP) is 4.81. The molecular formula is C23H17ClF3N5O2. The van der Waals surface area contributed by atoms with Crippen LogP contribution in [0.1, 0.15) is 21.6 Å². The van der Waals surface area contributed by atoms with Gasteiger partial charge >= 0.3 is 12.1 Å². The van der Waals surface area contributed by atoms with Crippen molar-refractivity contribution in [3.8, 4) is 5.69 Å². The van der Waals surface area contributed by atoms with Gasteiger partial charge in [0.1, 0.15) is 0 Å². The number of nitrogens with zero attached hydrogens (tertiary/aromatic N) is 3. The molecule has 0 saturated carbocycles. The van der Waals surface area contributed by atoms with Crippen LogP contribution >= 0.6 is 11.6 Å². The van der Waals surface area contributed by atoms with E-state index in [0.29, 0.717) is 11.1 Å². The van der Waals surface area contributed by atoms with E-state index in [1.54, 1.807) is 34.5 Å². The molecule has 2 heterocycles. The molecule has 4 rings (SSSR count). The quantitative estimate of drug-likeness (QED) is 0.422. The van der Waals surface area contributed by atoms with E-state index in [-0.39, 0.29) is 16.1 Å². The number of rotatable bonds is 5. The number of carbonyl (C=O) groups excluding carboxylic acids is 2. The van der Waals surface area contributed by atoms with Crippen LogP contribution in [0.15, 0.2) is 60.9 Å². The van der Waals surface area contributed by atoms with Crippen LogP contribution in [0.5, 0.6) is 0 Å². The van der Waals surface area contributed by atoms with Crippen molar-refractivity contribution in [1.82, 2.24) is 20.1 Å². The minimum Gasteiger partial charge on any atom is -0.344 e. The lowest BCUT2D eigenvalue weighted by Gasteiger charge is -2.11. The molecule has 0 bridgehead atoms. The Morgan fingerprint density at radius 2 is 1.88 bits per heavy atom. The molecule has 0 spiro atoms. The number of aromatic nitrogens is 3. The van der Waals surface area contributed by atoms with Crippen LogP contribution in [0.4, 0.5) is 18.9 Å². The maximum Gasteiger partial charge on any atom is 0.471 e. The largest absolute Gasteiger partial charge is 0.471 e. The Balaban J connectivity index is 1.57. The van der Waals surface area contributed by atoms with E-state index < -0.39 is 24.5 Å². The summed E-state index contributed by atoms with van der Waals surface area (Å²) in [6.07, 6.45) is -1.70. The fourth-order valence-electron chi connectivity index (χ4n) is 3.28. The Kier molecular flexibility index (Phi) is 6.25. The van der Waals surface area contributed by atoms with E-state index in [9.17, 15) is 22.8 Å². The molecule has 0 aliphatic heterocycles.